The van der Waals surface area contributed by atoms with Gasteiger partial charge in [0, 0.05) is 68.4 Å². The fraction of sp³-hybridized carbons (Fsp3) is 0.619. The average molecular weight is 431 g/mol. The van der Waals surface area contributed by atoms with Gasteiger partial charge in [0.25, 0.3) is 5.92 Å². The SMILES string of the molecule is Cc1cnc(Nc2cnn(C)c2)nc1N1CC2(C)CN(C(=O)C3CC3(F)F)CC2(C)C1. The number of aromatic nitrogens is 4. The van der Waals surface area contributed by atoms with Gasteiger partial charge in [-0.25, -0.2) is 13.8 Å². The molecule has 31 heavy (non-hydrogen) atoms. The van der Waals surface area contributed by atoms with E-state index in [0.717, 1.165) is 17.1 Å². The van der Waals surface area contributed by atoms with Gasteiger partial charge in [-0.2, -0.15) is 10.1 Å². The van der Waals surface area contributed by atoms with Gasteiger partial charge in [-0.3, -0.25) is 9.48 Å². The van der Waals surface area contributed by atoms with Crippen molar-refractivity contribution in [2.45, 2.75) is 33.1 Å². The zero-order chi connectivity index (χ0) is 22.2. The van der Waals surface area contributed by atoms with Crippen molar-refractivity contribution >= 4 is 23.4 Å². The Morgan fingerprint density at radius 1 is 1.16 bits per heavy atom. The van der Waals surface area contributed by atoms with E-state index in [9.17, 15) is 13.6 Å². The highest BCUT2D eigenvalue weighted by atomic mass is 19.3. The molecular weight excluding hydrogens is 404 g/mol. The van der Waals surface area contributed by atoms with Crippen molar-refractivity contribution in [1.29, 1.82) is 0 Å². The van der Waals surface area contributed by atoms with Gasteiger partial charge < -0.3 is 15.1 Å². The quantitative estimate of drug-likeness (QED) is 0.802. The number of fused-ring (bicyclic) bond motifs is 1. The Labute approximate surface area is 179 Å². The minimum absolute atomic E-state index is 0.193. The molecule has 0 bridgehead atoms. The zero-order valence-corrected chi connectivity index (χ0v) is 18.2. The summed E-state index contributed by atoms with van der Waals surface area (Å²) in [6.07, 6.45) is 5.04. The minimum Gasteiger partial charge on any atom is -0.355 e. The Bertz CT molecular complexity index is 1040. The number of alkyl halides is 2. The number of nitrogens with one attached hydrogen (secondary N) is 1. The lowest BCUT2D eigenvalue weighted by Gasteiger charge is -2.29. The molecule has 2 aromatic rings. The van der Waals surface area contributed by atoms with Gasteiger partial charge in [-0.15, -0.1) is 0 Å². The average Bonchev–Trinajstić information content (AvgIpc) is 2.92. The fourth-order valence-corrected chi connectivity index (χ4v) is 5.10. The first-order valence-electron chi connectivity index (χ1n) is 10.5. The summed E-state index contributed by atoms with van der Waals surface area (Å²) in [6.45, 7) is 8.68. The number of aryl methyl sites for hydroxylation is 2. The predicted octanol–water partition coefficient (Wildman–Crippen LogP) is 2.59. The van der Waals surface area contributed by atoms with E-state index in [0.29, 0.717) is 32.1 Å². The number of likely N-dealkylation sites (tertiary alicyclic amines) is 1. The van der Waals surface area contributed by atoms with Gasteiger partial charge in [-0.05, 0) is 6.92 Å². The normalized spacial score (nSPS) is 31.1. The molecule has 3 atom stereocenters. The first kappa shape index (κ1) is 20.1. The van der Waals surface area contributed by atoms with Crippen molar-refractivity contribution in [1.82, 2.24) is 24.6 Å². The van der Waals surface area contributed by atoms with Gasteiger partial charge in [0.1, 0.15) is 11.7 Å². The van der Waals surface area contributed by atoms with Crippen LogP contribution in [0.2, 0.25) is 0 Å². The lowest BCUT2D eigenvalue weighted by molar-refractivity contribution is -0.134. The standard InChI is InChI=1S/C21H27F2N7O/c1-13-6-24-18(26-14-7-25-28(4)8-14)27-16(13)29-9-19(2)11-30(12-20(19,3)10-29)17(31)15-5-21(15,22)23/h6-8,15H,5,9-12H2,1-4H3,(H,24,26,27). The van der Waals surface area contributed by atoms with Crippen LogP contribution >= 0.6 is 0 Å². The number of hydrogen-bond donors (Lipinski definition) is 1. The number of hydrogen-bond acceptors (Lipinski definition) is 6. The monoisotopic (exact) mass is 431 g/mol. The van der Waals surface area contributed by atoms with Crippen LogP contribution in [0, 0.1) is 23.7 Å². The summed E-state index contributed by atoms with van der Waals surface area (Å²) in [6, 6.07) is 0. The Balaban J connectivity index is 1.34. The van der Waals surface area contributed by atoms with Gasteiger partial charge in [0.05, 0.1) is 11.9 Å². The Kier molecular flexibility index (Phi) is 4.14. The van der Waals surface area contributed by atoms with Gasteiger partial charge in [0.2, 0.25) is 11.9 Å². The van der Waals surface area contributed by atoms with E-state index >= 15 is 0 Å². The fourth-order valence-electron chi connectivity index (χ4n) is 5.10. The summed E-state index contributed by atoms with van der Waals surface area (Å²) in [5, 5.41) is 7.32. The third-order valence-corrected chi connectivity index (χ3v) is 7.26. The summed E-state index contributed by atoms with van der Waals surface area (Å²) in [5.41, 5.74) is 1.39. The zero-order valence-electron chi connectivity index (χ0n) is 18.2. The molecule has 2 aromatic heterocycles. The molecule has 0 radical (unpaired) electrons. The van der Waals surface area contributed by atoms with Crippen LogP contribution in [-0.4, -0.2) is 62.7 Å². The maximum Gasteiger partial charge on any atom is 0.260 e. The molecule has 5 rings (SSSR count). The smallest absolute Gasteiger partial charge is 0.260 e. The van der Waals surface area contributed by atoms with Gasteiger partial charge in [0.15, 0.2) is 0 Å². The number of halogens is 2. The molecule has 8 nitrogen and oxygen atoms in total. The van der Waals surface area contributed by atoms with Crippen molar-refractivity contribution in [2.75, 3.05) is 36.4 Å². The molecular formula is C21H27F2N7O. The summed E-state index contributed by atoms with van der Waals surface area (Å²) < 4.78 is 28.5. The molecule has 0 spiro atoms. The van der Waals surface area contributed by atoms with Crippen molar-refractivity contribution in [3.63, 3.8) is 0 Å². The van der Waals surface area contributed by atoms with Gasteiger partial charge >= 0.3 is 0 Å². The Morgan fingerprint density at radius 2 is 1.81 bits per heavy atom. The van der Waals surface area contributed by atoms with Crippen molar-refractivity contribution in [2.24, 2.45) is 23.8 Å². The van der Waals surface area contributed by atoms with Crippen molar-refractivity contribution in [3.8, 4) is 0 Å². The van der Waals surface area contributed by atoms with E-state index in [1.165, 1.54) is 0 Å². The van der Waals surface area contributed by atoms with E-state index < -0.39 is 17.7 Å². The summed E-state index contributed by atoms with van der Waals surface area (Å²) in [5.74, 6) is -2.99. The van der Waals surface area contributed by atoms with Crippen molar-refractivity contribution < 1.29 is 13.6 Å². The Hall–Kier alpha value is -2.78. The maximum absolute atomic E-state index is 13.4. The lowest BCUT2D eigenvalue weighted by atomic mass is 9.71. The number of nitrogens with zero attached hydrogens (tertiary/aromatic N) is 6. The number of carbonyl (C=O) groups excluding carboxylic acids is 1. The number of amides is 1. The van der Waals surface area contributed by atoms with E-state index in [4.69, 9.17) is 4.98 Å². The highest BCUT2D eigenvalue weighted by Crippen LogP contribution is 2.55. The van der Waals surface area contributed by atoms with E-state index in [2.05, 4.69) is 34.1 Å². The van der Waals surface area contributed by atoms with Crippen LogP contribution in [0.1, 0.15) is 25.8 Å². The molecule has 1 amide bonds. The Morgan fingerprint density at radius 3 is 2.35 bits per heavy atom. The number of carbonyl (C=O) groups is 1. The molecule has 3 aliphatic rings. The second-order valence-corrected chi connectivity index (χ2v) is 9.92. The molecule has 1 N–H and O–H groups in total. The molecule has 1 aliphatic carbocycles. The number of anilines is 3. The van der Waals surface area contributed by atoms with Crippen LogP contribution in [0.15, 0.2) is 18.6 Å². The summed E-state index contributed by atoms with van der Waals surface area (Å²) in [4.78, 5) is 25.6. The van der Waals surface area contributed by atoms with Crippen molar-refractivity contribution in [3.05, 3.63) is 24.2 Å². The first-order chi connectivity index (χ1) is 14.5. The molecule has 3 unspecified atom stereocenters. The van der Waals surface area contributed by atoms with Crippen LogP contribution < -0.4 is 10.2 Å². The third-order valence-electron chi connectivity index (χ3n) is 7.26. The molecule has 166 valence electrons. The van der Waals surface area contributed by atoms with Gasteiger partial charge in [-0.1, -0.05) is 13.8 Å². The van der Waals surface area contributed by atoms with Crippen LogP contribution in [0.25, 0.3) is 0 Å². The second-order valence-electron chi connectivity index (χ2n) is 9.92. The summed E-state index contributed by atoms with van der Waals surface area (Å²) >= 11 is 0. The second kappa shape index (κ2) is 6.37. The molecule has 1 saturated carbocycles. The van der Waals surface area contributed by atoms with E-state index in [1.807, 2.05) is 20.2 Å². The van der Waals surface area contributed by atoms with Crippen LogP contribution in [-0.2, 0) is 11.8 Å². The molecule has 10 heteroatoms. The minimum atomic E-state index is -2.82. The van der Waals surface area contributed by atoms with E-state index in [-0.39, 0.29) is 17.3 Å². The molecule has 2 saturated heterocycles. The number of rotatable bonds is 4. The predicted molar refractivity (Wildman–Crippen MR) is 111 cm³/mol. The van der Waals surface area contributed by atoms with Crippen LogP contribution in [0.4, 0.5) is 26.2 Å². The molecule has 3 fully saturated rings. The largest absolute Gasteiger partial charge is 0.355 e. The topological polar surface area (TPSA) is 79.2 Å². The van der Waals surface area contributed by atoms with Crippen LogP contribution in [0.3, 0.4) is 0 Å². The molecule has 4 heterocycles. The molecule has 0 aromatic carbocycles. The maximum atomic E-state index is 13.4. The first-order valence-corrected chi connectivity index (χ1v) is 10.5. The summed E-state index contributed by atoms with van der Waals surface area (Å²) in [7, 11) is 1.84. The van der Waals surface area contributed by atoms with Crippen LogP contribution in [0.5, 0.6) is 0 Å². The highest BCUT2D eigenvalue weighted by molar-refractivity contribution is 5.83. The molecule has 2 aliphatic heterocycles. The van der Waals surface area contributed by atoms with E-state index in [1.54, 1.807) is 22.0 Å². The lowest BCUT2D eigenvalue weighted by Crippen LogP contribution is -2.37. The highest BCUT2D eigenvalue weighted by Gasteiger charge is 2.65. The third kappa shape index (κ3) is 3.23.